The second-order valence-corrected chi connectivity index (χ2v) is 10.7. The van der Waals surface area contributed by atoms with E-state index in [1.807, 2.05) is 36.1 Å². The first-order valence-corrected chi connectivity index (χ1v) is 12.8. The molecule has 0 spiro atoms. The summed E-state index contributed by atoms with van der Waals surface area (Å²) in [4.78, 5) is 7.63. The molecule has 1 aromatic heterocycles. The Morgan fingerprint density at radius 1 is 1.19 bits per heavy atom. The lowest BCUT2D eigenvalue weighted by atomic mass is 9.87. The summed E-state index contributed by atoms with van der Waals surface area (Å²) < 4.78 is 43.4. The number of H-pyrrole nitrogens is 1. The summed E-state index contributed by atoms with van der Waals surface area (Å²) >= 11 is 0. The highest BCUT2D eigenvalue weighted by Crippen LogP contribution is 2.42. The van der Waals surface area contributed by atoms with Crippen LogP contribution in [0.3, 0.4) is 0 Å². The van der Waals surface area contributed by atoms with Gasteiger partial charge in [0.25, 0.3) is 0 Å². The Balaban J connectivity index is 1.43. The van der Waals surface area contributed by atoms with Gasteiger partial charge in [-0.2, -0.15) is 0 Å². The monoisotopic (exact) mass is 500 g/mol. The fraction of sp³-hybridized carbons (Fsp3) is 0.500. The summed E-state index contributed by atoms with van der Waals surface area (Å²) in [5, 5.41) is 14.0. The van der Waals surface area contributed by atoms with Gasteiger partial charge in [-0.15, -0.1) is 0 Å². The molecule has 8 heteroatoms. The Hall–Kier alpha value is -2.55. The maximum absolute atomic E-state index is 15.7. The van der Waals surface area contributed by atoms with Gasteiger partial charge in [0.05, 0.1) is 19.3 Å². The second-order valence-electron chi connectivity index (χ2n) is 10.7. The Labute approximate surface area is 210 Å². The molecule has 2 aromatic carbocycles. The molecular formula is C28H35F3N4O. The lowest BCUT2D eigenvalue weighted by Crippen LogP contribution is -2.49. The fourth-order valence-corrected chi connectivity index (χ4v) is 5.69. The van der Waals surface area contributed by atoms with Gasteiger partial charge in [0.2, 0.25) is 0 Å². The van der Waals surface area contributed by atoms with E-state index in [1.54, 1.807) is 6.07 Å². The molecule has 1 unspecified atom stereocenters. The minimum absolute atomic E-state index is 0.0146. The van der Waals surface area contributed by atoms with Gasteiger partial charge in [-0.3, -0.25) is 9.29 Å². The van der Waals surface area contributed by atoms with Gasteiger partial charge in [-0.1, -0.05) is 24.3 Å². The highest BCUT2D eigenvalue weighted by Gasteiger charge is 2.40. The van der Waals surface area contributed by atoms with Crippen LogP contribution in [0.4, 0.5) is 18.9 Å². The number of aromatic amines is 1. The zero-order valence-electron chi connectivity index (χ0n) is 20.9. The van der Waals surface area contributed by atoms with E-state index in [0.29, 0.717) is 24.2 Å². The molecule has 0 aliphatic carbocycles. The summed E-state index contributed by atoms with van der Waals surface area (Å²) in [6.45, 7) is 5.50. The molecule has 3 N–H and O–H groups in total. The van der Waals surface area contributed by atoms with Crippen molar-refractivity contribution >= 4 is 16.6 Å². The number of nitrogens with zero attached hydrogens (tertiary/aromatic N) is 2. The number of nitrogens with one attached hydrogen (secondary N) is 2. The topological polar surface area (TPSA) is 54.5 Å². The summed E-state index contributed by atoms with van der Waals surface area (Å²) in [5.41, 5.74) is 2.33. The first-order valence-electron chi connectivity index (χ1n) is 12.8. The average Bonchev–Trinajstić information content (AvgIpc) is 3.19. The summed E-state index contributed by atoms with van der Waals surface area (Å²) in [5.74, 6) is -0.214. The van der Waals surface area contributed by atoms with Gasteiger partial charge < -0.3 is 20.3 Å². The number of para-hydroxylation sites is 1. The zero-order valence-corrected chi connectivity index (χ0v) is 20.9. The number of hydrogen-bond acceptors (Lipinski definition) is 4. The molecule has 3 heterocycles. The molecule has 0 amide bonds. The Kier molecular flexibility index (Phi) is 7.03. The van der Waals surface area contributed by atoms with Crippen LogP contribution >= 0.6 is 0 Å². The first-order chi connectivity index (χ1) is 17.3. The van der Waals surface area contributed by atoms with Gasteiger partial charge in [0, 0.05) is 72.5 Å². The van der Waals surface area contributed by atoms with E-state index in [2.05, 4.69) is 21.3 Å². The van der Waals surface area contributed by atoms with Crippen molar-refractivity contribution in [2.24, 2.45) is 5.92 Å². The molecule has 3 aromatic rings. The minimum Gasteiger partial charge on any atom is -0.393 e. The van der Waals surface area contributed by atoms with Crippen LogP contribution in [0, 0.1) is 11.7 Å². The summed E-state index contributed by atoms with van der Waals surface area (Å²) in [6, 6.07) is 12.6. The van der Waals surface area contributed by atoms with Crippen LogP contribution in [-0.2, 0) is 6.42 Å². The zero-order chi connectivity index (χ0) is 25.4. The van der Waals surface area contributed by atoms with Crippen LogP contribution in [-0.4, -0.2) is 77.6 Å². The number of halogens is 3. The summed E-state index contributed by atoms with van der Waals surface area (Å²) in [7, 11) is 0. The van der Waals surface area contributed by atoms with E-state index in [9.17, 15) is 9.50 Å². The fourth-order valence-electron chi connectivity index (χ4n) is 5.69. The second kappa shape index (κ2) is 10.1. The molecule has 194 valence electrons. The van der Waals surface area contributed by atoms with E-state index >= 15 is 8.78 Å². The normalized spacial score (nSPS) is 22.8. The van der Waals surface area contributed by atoms with Crippen molar-refractivity contribution in [1.29, 1.82) is 0 Å². The molecule has 0 saturated carbocycles. The number of rotatable bonds is 9. The predicted molar refractivity (Wildman–Crippen MR) is 137 cm³/mol. The molecule has 0 radical (unpaired) electrons. The van der Waals surface area contributed by atoms with Crippen molar-refractivity contribution in [2.45, 2.75) is 38.0 Å². The average molecular weight is 501 g/mol. The first kappa shape index (κ1) is 25.1. The number of aliphatic hydroxyl groups is 1. The maximum Gasteiger partial charge on any atom is 0.143 e. The van der Waals surface area contributed by atoms with Crippen molar-refractivity contribution in [2.75, 3.05) is 51.3 Å². The van der Waals surface area contributed by atoms with Crippen molar-refractivity contribution in [3.63, 3.8) is 0 Å². The molecule has 2 aliphatic rings. The van der Waals surface area contributed by atoms with Crippen molar-refractivity contribution in [3.05, 3.63) is 65.1 Å². The largest absolute Gasteiger partial charge is 0.393 e. The van der Waals surface area contributed by atoms with Crippen LogP contribution < -0.4 is 5.32 Å². The Morgan fingerprint density at radius 3 is 2.69 bits per heavy atom. The standard InChI is InChI=1S/C28H35F3N4O/c1-18-11-23-21-5-3-4-6-25(21)33-26(23)27(35(18)16-28(2,31)17-36)22-8-7-20(12-24(22)30)32-9-10-34-14-19(13-29)15-34/h3-8,12,18-19,27,32-33,36H,9-11,13-17H2,1-2H3/t18-,27-,28?/m1/s1. The third-order valence-corrected chi connectivity index (χ3v) is 7.66. The molecular weight excluding hydrogens is 465 g/mol. The molecule has 1 saturated heterocycles. The number of fused-ring (bicyclic) bond motifs is 3. The summed E-state index contributed by atoms with van der Waals surface area (Å²) in [6.07, 6.45) is 0.707. The minimum atomic E-state index is -1.81. The van der Waals surface area contributed by atoms with E-state index < -0.39 is 18.3 Å². The van der Waals surface area contributed by atoms with Gasteiger partial charge >= 0.3 is 0 Å². The number of aliphatic hydroxyl groups excluding tert-OH is 1. The van der Waals surface area contributed by atoms with E-state index in [4.69, 9.17) is 0 Å². The number of hydrogen-bond donors (Lipinski definition) is 3. The number of likely N-dealkylation sites (tertiary alicyclic amines) is 1. The number of benzene rings is 2. The third kappa shape index (κ3) is 4.86. The third-order valence-electron chi connectivity index (χ3n) is 7.66. The SMILES string of the molecule is C[C@@H]1Cc2c([nH]c3ccccc23)[C@@H](c2ccc(NCCN3CC(CF)C3)cc2F)N1CC(C)(F)CO. The molecule has 2 aliphatic heterocycles. The van der Waals surface area contributed by atoms with Crippen LogP contribution in [0.15, 0.2) is 42.5 Å². The smallest absolute Gasteiger partial charge is 0.143 e. The molecule has 1 fully saturated rings. The highest BCUT2D eigenvalue weighted by molar-refractivity contribution is 5.85. The number of anilines is 1. The molecule has 0 bridgehead atoms. The maximum atomic E-state index is 15.7. The lowest BCUT2D eigenvalue weighted by Gasteiger charge is -2.43. The van der Waals surface area contributed by atoms with Crippen molar-refractivity contribution in [1.82, 2.24) is 14.8 Å². The molecule has 3 atom stereocenters. The van der Waals surface area contributed by atoms with Crippen LogP contribution in [0.2, 0.25) is 0 Å². The van der Waals surface area contributed by atoms with Gasteiger partial charge in [0.15, 0.2) is 0 Å². The highest BCUT2D eigenvalue weighted by atomic mass is 19.1. The molecule has 5 nitrogen and oxygen atoms in total. The quantitative estimate of drug-likeness (QED) is 0.400. The van der Waals surface area contributed by atoms with Gasteiger partial charge in [-0.25, -0.2) is 8.78 Å². The van der Waals surface area contributed by atoms with Crippen LogP contribution in [0.1, 0.15) is 36.7 Å². The van der Waals surface area contributed by atoms with Crippen LogP contribution in [0.25, 0.3) is 10.9 Å². The molecule has 5 rings (SSSR count). The van der Waals surface area contributed by atoms with Crippen molar-refractivity contribution in [3.8, 4) is 0 Å². The van der Waals surface area contributed by atoms with Crippen LogP contribution in [0.5, 0.6) is 0 Å². The van der Waals surface area contributed by atoms with E-state index in [-0.39, 0.29) is 31.0 Å². The van der Waals surface area contributed by atoms with Crippen molar-refractivity contribution < 1.29 is 18.3 Å². The lowest BCUT2D eigenvalue weighted by molar-refractivity contribution is 0.0169. The molecule has 36 heavy (non-hydrogen) atoms. The Morgan fingerprint density at radius 2 is 1.97 bits per heavy atom. The van der Waals surface area contributed by atoms with Gasteiger partial charge in [0.1, 0.15) is 11.5 Å². The number of aromatic nitrogens is 1. The van der Waals surface area contributed by atoms with Gasteiger partial charge in [-0.05, 0) is 44.0 Å². The van der Waals surface area contributed by atoms with E-state index in [1.165, 1.54) is 13.0 Å². The number of alkyl halides is 2. The van der Waals surface area contributed by atoms with E-state index in [0.717, 1.165) is 41.8 Å². The predicted octanol–water partition coefficient (Wildman–Crippen LogP) is 4.68. The Bertz CT molecular complexity index is 1210.